The molecule has 12 heavy (non-hydrogen) atoms. The summed E-state index contributed by atoms with van der Waals surface area (Å²) in [7, 11) is 0. The lowest BCUT2D eigenvalue weighted by molar-refractivity contribution is -0.130. The minimum atomic E-state index is 0. The van der Waals surface area contributed by atoms with Gasteiger partial charge in [0, 0.05) is 19.1 Å². The van der Waals surface area contributed by atoms with Gasteiger partial charge in [-0.3, -0.25) is 4.79 Å². The van der Waals surface area contributed by atoms with E-state index in [9.17, 15) is 4.79 Å². The molecular weight excluding hydrogens is 178 g/mol. The Morgan fingerprint density at radius 3 is 2.33 bits per heavy atom. The third kappa shape index (κ3) is 2.97. The van der Waals surface area contributed by atoms with E-state index in [1.54, 1.807) is 4.90 Å². The number of nitrogens with two attached hydrogens (primary N) is 2. The van der Waals surface area contributed by atoms with Crippen molar-refractivity contribution in [2.24, 2.45) is 11.5 Å². The van der Waals surface area contributed by atoms with E-state index in [1.807, 2.05) is 0 Å². The van der Waals surface area contributed by atoms with Gasteiger partial charge in [0.05, 0.1) is 6.54 Å². The maximum atomic E-state index is 11.0. The van der Waals surface area contributed by atoms with Gasteiger partial charge in [0.2, 0.25) is 5.91 Å². The third-order valence-corrected chi connectivity index (χ3v) is 2.07. The highest BCUT2D eigenvalue weighted by Crippen LogP contribution is 2.07. The lowest BCUT2D eigenvalue weighted by Gasteiger charge is -2.29. The van der Waals surface area contributed by atoms with Gasteiger partial charge in [-0.25, -0.2) is 0 Å². The number of nitrogens with zero attached hydrogens (tertiary/aromatic N) is 1. The van der Waals surface area contributed by atoms with E-state index >= 15 is 0 Å². The Kier molecular flexibility index (Phi) is 5.20. The average Bonchev–Trinajstić information content (AvgIpc) is 2.05. The van der Waals surface area contributed by atoms with E-state index in [2.05, 4.69) is 0 Å². The van der Waals surface area contributed by atoms with Gasteiger partial charge in [0.25, 0.3) is 0 Å². The molecule has 0 saturated carbocycles. The van der Waals surface area contributed by atoms with Crippen molar-refractivity contribution in [1.82, 2.24) is 4.90 Å². The summed E-state index contributed by atoms with van der Waals surface area (Å²) in [5.74, 6) is 0.0388. The van der Waals surface area contributed by atoms with E-state index < -0.39 is 0 Å². The quantitative estimate of drug-likeness (QED) is 0.580. The van der Waals surface area contributed by atoms with Crippen LogP contribution in [-0.2, 0) is 4.79 Å². The first kappa shape index (κ1) is 11.7. The fraction of sp³-hybridized carbons (Fsp3) is 0.857. The minimum Gasteiger partial charge on any atom is -0.341 e. The third-order valence-electron chi connectivity index (χ3n) is 2.07. The van der Waals surface area contributed by atoms with Gasteiger partial charge in [-0.1, -0.05) is 0 Å². The van der Waals surface area contributed by atoms with Crippen molar-refractivity contribution in [2.45, 2.75) is 18.9 Å². The largest absolute Gasteiger partial charge is 0.341 e. The van der Waals surface area contributed by atoms with E-state index in [4.69, 9.17) is 11.5 Å². The zero-order chi connectivity index (χ0) is 8.27. The minimum absolute atomic E-state index is 0. The van der Waals surface area contributed by atoms with Crippen molar-refractivity contribution in [3.8, 4) is 0 Å². The fourth-order valence-corrected chi connectivity index (χ4v) is 1.28. The zero-order valence-electron chi connectivity index (χ0n) is 7.03. The molecule has 0 aliphatic carbocycles. The Balaban J connectivity index is 0.00000121. The van der Waals surface area contributed by atoms with Crippen LogP contribution in [-0.4, -0.2) is 36.5 Å². The maximum absolute atomic E-state index is 11.0. The van der Waals surface area contributed by atoms with E-state index in [1.165, 1.54) is 0 Å². The lowest BCUT2D eigenvalue weighted by atomic mass is 10.1. The Bertz CT molecular complexity index is 146. The van der Waals surface area contributed by atoms with E-state index in [0.29, 0.717) is 0 Å². The molecule has 0 atom stereocenters. The molecule has 0 aromatic heterocycles. The Morgan fingerprint density at radius 2 is 1.92 bits per heavy atom. The van der Waals surface area contributed by atoms with Crippen molar-refractivity contribution in [3.63, 3.8) is 0 Å². The van der Waals surface area contributed by atoms with Crippen LogP contribution in [0.15, 0.2) is 0 Å². The predicted octanol–water partition coefficient (Wildman–Crippen LogP) is -0.683. The van der Waals surface area contributed by atoms with Gasteiger partial charge in [0.1, 0.15) is 0 Å². The van der Waals surface area contributed by atoms with Gasteiger partial charge >= 0.3 is 0 Å². The molecule has 4 N–H and O–H groups in total. The molecular formula is C7H16ClN3O. The highest BCUT2D eigenvalue weighted by Gasteiger charge is 2.18. The molecule has 4 nitrogen and oxygen atoms in total. The Labute approximate surface area is 78.7 Å². The monoisotopic (exact) mass is 193 g/mol. The van der Waals surface area contributed by atoms with Crippen molar-refractivity contribution < 1.29 is 4.79 Å². The van der Waals surface area contributed by atoms with Gasteiger partial charge < -0.3 is 16.4 Å². The molecule has 1 saturated heterocycles. The summed E-state index contributed by atoms with van der Waals surface area (Å²) in [6, 6.07) is 0.275. The van der Waals surface area contributed by atoms with Crippen LogP contribution in [0.2, 0.25) is 0 Å². The molecule has 0 bridgehead atoms. The summed E-state index contributed by atoms with van der Waals surface area (Å²) in [5.41, 5.74) is 10.9. The molecule has 72 valence electrons. The molecule has 1 aliphatic rings. The van der Waals surface area contributed by atoms with Crippen LogP contribution in [0.5, 0.6) is 0 Å². The second-order valence-corrected chi connectivity index (χ2v) is 2.92. The van der Waals surface area contributed by atoms with Crippen LogP contribution in [0, 0.1) is 0 Å². The SMILES string of the molecule is Cl.NCC(=O)N1CCC(N)CC1. The number of rotatable bonds is 1. The number of amides is 1. The summed E-state index contributed by atoms with van der Waals surface area (Å²) in [5, 5.41) is 0. The number of likely N-dealkylation sites (tertiary alicyclic amines) is 1. The Hall–Kier alpha value is -0.320. The van der Waals surface area contributed by atoms with Gasteiger partial charge in [0.15, 0.2) is 0 Å². The summed E-state index contributed by atoms with van der Waals surface area (Å²) in [4.78, 5) is 12.8. The first-order chi connectivity index (χ1) is 5.24. The molecule has 0 aromatic rings. The average molecular weight is 194 g/mol. The summed E-state index contributed by atoms with van der Waals surface area (Å²) in [6.07, 6.45) is 1.82. The molecule has 0 aromatic carbocycles. The second-order valence-electron chi connectivity index (χ2n) is 2.92. The number of halogens is 1. The second kappa shape index (κ2) is 5.35. The first-order valence-electron chi connectivity index (χ1n) is 3.97. The van der Waals surface area contributed by atoms with Gasteiger partial charge in [-0.15, -0.1) is 12.4 Å². The van der Waals surface area contributed by atoms with Gasteiger partial charge in [-0.2, -0.15) is 0 Å². The predicted molar refractivity (Wildman–Crippen MR) is 50.1 cm³/mol. The van der Waals surface area contributed by atoms with Gasteiger partial charge in [-0.05, 0) is 12.8 Å². The topological polar surface area (TPSA) is 72.4 Å². The highest BCUT2D eigenvalue weighted by atomic mass is 35.5. The van der Waals surface area contributed by atoms with Crippen molar-refractivity contribution in [3.05, 3.63) is 0 Å². The smallest absolute Gasteiger partial charge is 0.236 e. The van der Waals surface area contributed by atoms with Crippen molar-refractivity contribution in [1.29, 1.82) is 0 Å². The zero-order valence-corrected chi connectivity index (χ0v) is 7.85. The van der Waals surface area contributed by atoms with Crippen LogP contribution < -0.4 is 11.5 Å². The molecule has 5 heteroatoms. The lowest BCUT2D eigenvalue weighted by Crippen LogP contribution is -2.45. The first-order valence-corrected chi connectivity index (χ1v) is 3.97. The summed E-state index contributed by atoms with van der Waals surface area (Å²) < 4.78 is 0. The molecule has 0 spiro atoms. The molecule has 0 radical (unpaired) electrons. The molecule has 1 fully saturated rings. The van der Waals surface area contributed by atoms with Crippen LogP contribution >= 0.6 is 12.4 Å². The van der Waals surface area contributed by atoms with E-state index in [0.717, 1.165) is 25.9 Å². The number of hydrogen-bond acceptors (Lipinski definition) is 3. The number of hydrogen-bond donors (Lipinski definition) is 2. The number of carbonyl (C=O) groups excluding carboxylic acids is 1. The molecule has 1 amide bonds. The number of piperidine rings is 1. The Morgan fingerprint density at radius 1 is 1.42 bits per heavy atom. The summed E-state index contributed by atoms with van der Waals surface area (Å²) in [6.45, 7) is 1.67. The summed E-state index contributed by atoms with van der Waals surface area (Å²) >= 11 is 0. The molecule has 1 aliphatic heterocycles. The highest BCUT2D eigenvalue weighted by molar-refractivity contribution is 5.85. The molecule has 0 unspecified atom stereocenters. The standard InChI is InChI=1S/C7H15N3O.ClH/c8-5-7(11)10-3-1-6(9)2-4-10;/h6H,1-5,8-9H2;1H. The van der Waals surface area contributed by atoms with Crippen LogP contribution in [0.3, 0.4) is 0 Å². The van der Waals surface area contributed by atoms with Crippen LogP contribution in [0.25, 0.3) is 0 Å². The van der Waals surface area contributed by atoms with E-state index in [-0.39, 0.29) is 30.9 Å². The maximum Gasteiger partial charge on any atom is 0.236 e. The van der Waals surface area contributed by atoms with Crippen molar-refractivity contribution in [2.75, 3.05) is 19.6 Å². The number of carbonyl (C=O) groups is 1. The fourth-order valence-electron chi connectivity index (χ4n) is 1.28. The molecule has 1 rings (SSSR count). The normalized spacial score (nSPS) is 18.7. The van der Waals surface area contributed by atoms with Crippen molar-refractivity contribution >= 4 is 18.3 Å². The molecule has 1 heterocycles. The van der Waals surface area contributed by atoms with Crippen LogP contribution in [0.4, 0.5) is 0 Å². The van der Waals surface area contributed by atoms with Crippen LogP contribution in [0.1, 0.15) is 12.8 Å².